The Labute approximate surface area is 197 Å². The number of halogens is 1. The van der Waals surface area contributed by atoms with Crippen molar-refractivity contribution >= 4 is 11.7 Å². The summed E-state index contributed by atoms with van der Waals surface area (Å²) in [5.74, 6) is 1.18. The molecule has 2 heterocycles. The smallest absolute Gasteiger partial charge is 0.225 e. The minimum absolute atomic E-state index is 0.159. The summed E-state index contributed by atoms with van der Waals surface area (Å²) in [7, 11) is 0. The fourth-order valence-corrected chi connectivity index (χ4v) is 5.28. The van der Waals surface area contributed by atoms with Gasteiger partial charge in [-0.1, -0.05) is 32.8 Å². The molecule has 6 nitrogen and oxygen atoms in total. The Morgan fingerprint density at radius 3 is 2.52 bits per heavy atom. The normalized spacial score (nSPS) is 17.6. The van der Waals surface area contributed by atoms with E-state index in [1.54, 1.807) is 6.07 Å². The monoisotopic (exact) mass is 455 g/mol. The largest absolute Gasteiger partial charge is 0.354 e. The number of carbonyl (C=O) groups excluding carboxylic acids is 1. The highest BCUT2D eigenvalue weighted by molar-refractivity contribution is 5.79. The van der Waals surface area contributed by atoms with Crippen LogP contribution < -0.4 is 4.90 Å². The quantitative estimate of drug-likeness (QED) is 0.592. The Morgan fingerprint density at radius 2 is 1.88 bits per heavy atom. The summed E-state index contributed by atoms with van der Waals surface area (Å²) in [6.07, 6.45) is 5.25. The van der Waals surface area contributed by atoms with Crippen molar-refractivity contribution in [2.75, 3.05) is 44.2 Å². The van der Waals surface area contributed by atoms with E-state index in [1.165, 1.54) is 12.1 Å². The average molecular weight is 456 g/mol. The van der Waals surface area contributed by atoms with Crippen LogP contribution in [0.5, 0.6) is 0 Å². The molecule has 1 amide bonds. The van der Waals surface area contributed by atoms with Gasteiger partial charge >= 0.3 is 0 Å². The van der Waals surface area contributed by atoms with Gasteiger partial charge in [-0.3, -0.25) is 4.79 Å². The van der Waals surface area contributed by atoms with Gasteiger partial charge in [0.2, 0.25) is 5.91 Å². The molecule has 1 aliphatic carbocycles. The summed E-state index contributed by atoms with van der Waals surface area (Å²) < 4.78 is 16.0. The summed E-state index contributed by atoms with van der Waals surface area (Å²) in [5, 5.41) is 4.86. The van der Waals surface area contributed by atoms with E-state index in [0.717, 1.165) is 94.1 Å². The molecule has 1 aromatic carbocycles. The zero-order valence-electron chi connectivity index (χ0n) is 20.4. The molecule has 1 aromatic heterocycles. The number of anilines is 1. The van der Waals surface area contributed by atoms with Gasteiger partial charge in [-0.15, -0.1) is 0 Å². The van der Waals surface area contributed by atoms with E-state index in [9.17, 15) is 9.18 Å². The van der Waals surface area contributed by atoms with Gasteiger partial charge in [-0.2, -0.15) is 5.10 Å². The highest BCUT2D eigenvalue weighted by atomic mass is 19.1. The number of piperazine rings is 1. The maximum Gasteiger partial charge on any atom is 0.225 e. The molecular weight excluding hydrogens is 417 g/mol. The third kappa shape index (κ3) is 5.24. The van der Waals surface area contributed by atoms with Crippen LogP contribution in [-0.2, 0) is 11.3 Å². The lowest BCUT2D eigenvalue weighted by Gasteiger charge is -2.36. The highest BCUT2D eigenvalue weighted by Gasteiger charge is 2.31. The molecule has 0 unspecified atom stereocenters. The molecule has 2 aromatic rings. The zero-order chi connectivity index (χ0) is 23.4. The highest BCUT2D eigenvalue weighted by Crippen LogP contribution is 2.32. The van der Waals surface area contributed by atoms with E-state index >= 15 is 0 Å². The van der Waals surface area contributed by atoms with E-state index < -0.39 is 0 Å². The number of carbonyl (C=O) groups is 1. The van der Waals surface area contributed by atoms with Crippen molar-refractivity contribution in [2.24, 2.45) is 5.92 Å². The number of nitrogens with zero attached hydrogens (tertiary/aromatic N) is 5. The lowest BCUT2D eigenvalue weighted by Crippen LogP contribution is -2.47. The molecule has 33 heavy (non-hydrogen) atoms. The SMILES string of the molecule is CCCN(Cc1c(C)nn(-c2cccc(F)c2)c1N1CCN(CC)CC1)C(=O)C1CCCC1. The van der Waals surface area contributed by atoms with Crippen LogP contribution in [0.1, 0.15) is 57.2 Å². The predicted molar refractivity (Wildman–Crippen MR) is 130 cm³/mol. The third-order valence-electron chi connectivity index (χ3n) is 7.19. The molecule has 0 radical (unpaired) electrons. The minimum atomic E-state index is -0.270. The van der Waals surface area contributed by atoms with Gasteiger partial charge in [0, 0.05) is 44.2 Å². The summed E-state index contributed by atoms with van der Waals surface area (Å²) in [4.78, 5) is 20.2. The third-order valence-corrected chi connectivity index (χ3v) is 7.19. The van der Waals surface area contributed by atoms with Crippen LogP contribution in [0, 0.1) is 18.7 Å². The van der Waals surface area contributed by atoms with Crippen LogP contribution in [0.3, 0.4) is 0 Å². The van der Waals surface area contributed by atoms with Crippen molar-refractivity contribution in [2.45, 2.75) is 59.4 Å². The first-order valence-electron chi connectivity index (χ1n) is 12.6. The van der Waals surface area contributed by atoms with Crippen LogP contribution in [0.4, 0.5) is 10.2 Å². The molecule has 0 spiro atoms. The molecule has 0 N–H and O–H groups in total. The van der Waals surface area contributed by atoms with Gasteiger partial charge in [0.15, 0.2) is 0 Å². The maximum absolute atomic E-state index is 14.1. The minimum Gasteiger partial charge on any atom is -0.354 e. The van der Waals surface area contributed by atoms with E-state index in [-0.39, 0.29) is 17.6 Å². The number of amides is 1. The zero-order valence-corrected chi connectivity index (χ0v) is 20.4. The van der Waals surface area contributed by atoms with Gasteiger partial charge in [0.1, 0.15) is 11.6 Å². The number of likely N-dealkylation sites (N-methyl/N-ethyl adjacent to an activating group) is 1. The summed E-state index contributed by atoms with van der Waals surface area (Å²) in [5.41, 5.74) is 2.72. The van der Waals surface area contributed by atoms with Crippen molar-refractivity contribution in [3.8, 4) is 5.69 Å². The second-order valence-corrected chi connectivity index (χ2v) is 9.44. The van der Waals surface area contributed by atoms with Gasteiger partial charge in [-0.25, -0.2) is 9.07 Å². The van der Waals surface area contributed by atoms with E-state index in [2.05, 4.69) is 23.6 Å². The molecule has 1 saturated carbocycles. The number of aryl methyl sites for hydroxylation is 1. The van der Waals surface area contributed by atoms with Crippen molar-refractivity contribution in [1.82, 2.24) is 19.6 Å². The second-order valence-electron chi connectivity index (χ2n) is 9.44. The Morgan fingerprint density at radius 1 is 1.15 bits per heavy atom. The summed E-state index contributed by atoms with van der Waals surface area (Å²) in [6, 6.07) is 6.63. The number of hydrogen-bond acceptors (Lipinski definition) is 4. The summed E-state index contributed by atoms with van der Waals surface area (Å²) >= 11 is 0. The van der Waals surface area contributed by atoms with Crippen LogP contribution in [0.25, 0.3) is 5.69 Å². The van der Waals surface area contributed by atoms with E-state index in [1.807, 2.05) is 22.6 Å². The first-order valence-corrected chi connectivity index (χ1v) is 12.6. The van der Waals surface area contributed by atoms with Crippen LogP contribution in [0.2, 0.25) is 0 Å². The van der Waals surface area contributed by atoms with Gasteiger partial charge < -0.3 is 14.7 Å². The lowest BCUT2D eigenvalue weighted by atomic mass is 10.1. The van der Waals surface area contributed by atoms with E-state index in [4.69, 9.17) is 5.10 Å². The number of rotatable bonds is 8. The van der Waals surface area contributed by atoms with Crippen LogP contribution in [0.15, 0.2) is 24.3 Å². The molecule has 0 atom stereocenters. The molecule has 7 heteroatoms. The van der Waals surface area contributed by atoms with Crippen LogP contribution >= 0.6 is 0 Å². The van der Waals surface area contributed by atoms with E-state index in [0.29, 0.717) is 6.54 Å². The first kappa shape index (κ1) is 23.7. The van der Waals surface area contributed by atoms with Gasteiger partial charge in [0.25, 0.3) is 0 Å². The molecule has 2 aliphatic rings. The average Bonchev–Trinajstić information content (AvgIpc) is 3.47. The van der Waals surface area contributed by atoms with Crippen LogP contribution in [-0.4, -0.2) is 64.8 Å². The van der Waals surface area contributed by atoms with Crippen molar-refractivity contribution in [1.29, 1.82) is 0 Å². The number of hydrogen-bond donors (Lipinski definition) is 0. The Hall–Kier alpha value is -2.41. The number of aromatic nitrogens is 2. The molecular formula is C26H38FN5O. The maximum atomic E-state index is 14.1. The molecule has 4 rings (SSSR count). The fourth-order valence-electron chi connectivity index (χ4n) is 5.28. The lowest BCUT2D eigenvalue weighted by molar-refractivity contribution is -0.136. The summed E-state index contributed by atoms with van der Waals surface area (Å²) in [6.45, 7) is 12.5. The van der Waals surface area contributed by atoms with Crippen molar-refractivity contribution < 1.29 is 9.18 Å². The Bertz CT molecular complexity index is 944. The Kier molecular flexibility index (Phi) is 7.68. The number of benzene rings is 1. The molecule has 1 aliphatic heterocycles. The molecule has 2 fully saturated rings. The predicted octanol–water partition coefficient (Wildman–Crippen LogP) is 4.39. The topological polar surface area (TPSA) is 44.6 Å². The standard InChI is InChI=1S/C26H38FN5O/c1-4-13-31(26(33)21-9-6-7-10-21)19-24-20(3)28-32(23-12-8-11-22(27)18-23)25(24)30-16-14-29(5-2)15-17-30/h8,11-12,18,21H,4-7,9-10,13-17,19H2,1-3H3. The first-order chi connectivity index (χ1) is 16.0. The Balaban J connectivity index is 1.70. The fraction of sp³-hybridized carbons (Fsp3) is 0.615. The molecule has 180 valence electrons. The van der Waals surface area contributed by atoms with Crippen molar-refractivity contribution in [3.63, 3.8) is 0 Å². The van der Waals surface area contributed by atoms with Gasteiger partial charge in [0.05, 0.1) is 17.9 Å². The van der Waals surface area contributed by atoms with Gasteiger partial charge in [-0.05, 0) is 50.9 Å². The molecule has 1 saturated heterocycles. The molecule has 0 bridgehead atoms. The van der Waals surface area contributed by atoms with Crippen molar-refractivity contribution in [3.05, 3.63) is 41.3 Å². The second kappa shape index (κ2) is 10.7.